The van der Waals surface area contributed by atoms with Crippen LogP contribution in [0.3, 0.4) is 0 Å². The van der Waals surface area contributed by atoms with Crippen LogP contribution >= 0.6 is 0 Å². The number of anilines is 1. The molecular weight excluding hydrogens is 376 g/mol. The summed E-state index contributed by atoms with van der Waals surface area (Å²) in [7, 11) is 0. The molecule has 2 fully saturated rings. The van der Waals surface area contributed by atoms with Gasteiger partial charge in [0.1, 0.15) is 0 Å². The summed E-state index contributed by atoms with van der Waals surface area (Å²) in [5.41, 5.74) is 1.97. The monoisotopic (exact) mass is 414 g/mol. The Bertz CT molecular complexity index is 708. The van der Waals surface area contributed by atoms with Crippen molar-refractivity contribution < 1.29 is 9.59 Å². The van der Waals surface area contributed by atoms with E-state index in [-0.39, 0.29) is 11.9 Å². The van der Waals surface area contributed by atoms with Crippen molar-refractivity contribution in [1.82, 2.24) is 15.1 Å². The Morgan fingerprint density at radius 1 is 1.13 bits per heavy atom. The number of benzene rings is 1. The van der Waals surface area contributed by atoms with Crippen LogP contribution in [-0.4, -0.2) is 60.5 Å². The number of nitrogens with zero attached hydrogens (tertiary/aromatic N) is 2. The van der Waals surface area contributed by atoms with E-state index in [0.717, 1.165) is 63.2 Å². The van der Waals surface area contributed by atoms with E-state index in [1.54, 1.807) is 0 Å². The van der Waals surface area contributed by atoms with Crippen molar-refractivity contribution in [3.63, 3.8) is 0 Å². The second kappa shape index (κ2) is 11.3. The Hall–Kier alpha value is -2.08. The third kappa shape index (κ3) is 7.01. The van der Waals surface area contributed by atoms with Crippen LogP contribution in [0.4, 0.5) is 10.5 Å². The van der Waals surface area contributed by atoms with E-state index in [2.05, 4.69) is 22.5 Å². The molecule has 30 heavy (non-hydrogen) atoms. The molecule has 2 unspecified atom stereocenters. The molecule has 0 aliphatic carbocycles. The van der Waals surface area contributed by atoms with Crippen LogP contribution in [0.1, 0.15) is 57.4 Å². The van der Waals surface area contributed by atoms with E-state index < -0.39 is 0 Å². The number of likely N-dealkylation sites (tertiary alicyclic amines) is 2. The number of carbonyl (C=O) groups excluding carboxylic acids is 2. The van der Waals surface area contributed by atoms with Gasteiger partial charge in [0, 0.05) is 44.3 Å². The highest BCUT2D eigenvalue weighted by molar-refractivity contribution is 5.89. The van der Waals surface area contributed by atoms with E-state index in [1.165, 1.54) is 19.3 Å². The Morgan fingerprint density at radius 3 is 2.80 bits per heavy atom. The SMILES string of the molecule is Cc1cccc(NC(=O)N2CCCC(CCC(=O)NCCN3CCCCC3C)C2)c1. The molecule has 0 aromatic heterocycles. The number of aryl methyl sites for hydroxylation is 1. The van der Waals surface area contributed by atoms with Gasteiger partial charge in [-0.05, 0) is 76.1 Å². The lowest BCUT2D eigenvalue weighted by molar-refractivity contribution is -0.121. The molecule has 0 saturated carbocycles. The Kier molecular flexibility index (Phi) is 8.55. The van der Waals surface area contributed by atoms with Crippen molar-refractivity contribution in [2.24, 2.45) is 5.92 Å². The number of nitrogens with one attached hydrogen (secondary N) is 2. The largest absolute Gasteiger partial charge is 0.355 e. The summed E-state index contributed by atoms with van der Waals surface area (Å²) in [4.78, 5) is 29.3. The van der Waals surface area contributed by atoms with Gasteiger partial charge in [0.25, 0.3) is 0 Å². The molecule has 6 heteroatoms. The summed E-state index contributed by atoms with van der Waals surface area (Å²) >= 11 is 0. The topological polar surface area (TPSA) is 64.7 Å². The number of rotatable bonds is 7. The summed E-state index contributed by atoms with van der Waals surface area (Å²) in [5.74, 6) is 0.538. The third-order valence-electron chi connectivity index (χ3n) is 6.52. The summed E-state index contributed by atoms with van der Waals surface area (Å²) in [6.45, 7) is 8.65. The van der Waals surface area contributed by atoms with Crippen molar-refractivity contribution in [2.45, 2.75) is 64.8 Å². The second-order valence-electron chi connectivity index (χ2n) is 9.02. The molecule has 0 bridgehead atoms. The maximum absolute atomic E-state index is 12.6. The molecule has 2 N–H and O–H groups in total. The normalized spacial score (nSPS) is 22.5. The van der Waals surface area contributed by atoms with Crippen LogP contribution in [0.15, 0.2) is 24.3 Å². The highest BCUT2D eigenvalue weighted by atomic mass is 16.2. The first kappa shape index (κ1) is 22.6. The Morgan fingerprint density at radius 2 is 2.00 bits per heavy atom. The lowest BCUT2D eigenvalue weighted by Gasteiger charge is -2.33. The average Bonchev–Trinajstić information content (AvgIpc) is 2.74. The standard InChI is InChI=1S/C24H38N4O2/c1-19-7-5-10-22(17-19)26-24(30)28-15-6-9-21(18-28)11-12-23(29)25-13-16-27-14-4-3-8-20(27)2/h5,7,10,17,20-21H,3-4,6,8-9,11-16,18H2,1-2H3,(H,25,29)(H,26,30). The van der Waals surface area contributed by atoms with Gasteiger partial charge in [-0.1, -0.05) is 18.6 Å². The van der Waals surface area contributed by atoms with Crippen LogP contribution in [0, 0.1) is 12.8 Å². The summed E-state index contributed by atoms with van der Waals surface area (Å²) in [6, 6.07) is 8.47. The molecule has 0 spiro atoms. The molecule has 3 rings (SSSR count). The van der Waals surface area contributed by atoms with Crippen LogP contribution in [-0.2, 0) is 4.79 Å². The lowest BCUT2D eigenvalue weighted by atomic mass is 9.93. The van der Waals surface area contributed by atoms with Gasteiger partial charge in [0.15, 0.2) is 0 Å². The fraction of sp³-hybridized carbons (Fsp3) is 0.667. The zero-order chi connectivity index (χ0) is 21.3. The van der Waals surface area contributed by atoms with E-state index in [1.807, 2.05) is 36.1 Å². The molecule has 1 aromatic rings. The first-order valence-electron chi connectivity index (χ1n) is 11.6. The van der Waals surface area contributed by atoms with Gasteiger partial charge in [0.2, 0.25) is 5.91 Å². The maximum Gasteiger partial charge on any atom is 0.321 e. The Balaban J connectivity index is 1.35. The predicted octanol–water partition coefficient (Wildman–Crippen LogP) is 4.01. The Labute approximate surface area is 181 Å². The zero-order valence-corrected chi connectivity index (χ0v) is 18.7. The molecule has 0 radical (unpaired) electrons. The summed E-state index contributed by atoms with van der Waals surface area (Å²) < 4.78 is 0. The summed E-state index contributed by atoms with van der Waals surface area (Å²) in [6.07, 6.45) is 7.35. The minimum absolute atomic E-state index is 0.0367. The van der Waals surface area contributed by atoms with Gasteiger partial charge >= 0.3 is 6.03 Å². The van der Waals surface area contributed by atoms with Crippen LogP contribution in [0.5, 0.6) is 0 Å². The van der Waals surface area contributed by atoms with Gasteiger partial charge in [-0.15, -0.1) is 0 Å². The number of hydrogen-bond acceptors (Lipinski definition) is 3. The highest BCUT2D eigenvalue weighted by Gasteiger charge is 2.24. The molecule has 2 atom stereocenters. The molecule has 2 aliphatic rings. The van der Waals surface area contributed by atoms with Crippen molar-refractivity contribution in [1.29, 1.82) is 0 Å². The number of urea groups is 1. The van der Waals surface area contributed by atoms with Gasteiger partial charge in [-0.25, -0.2) is 4.79 Å². The molecule has 1 aromatic carbocycles. The molecule has 2 heterocycles. The minimum Gasteiger partial charge on any atom is -0.355 e. The van der Waals surface area contributed by atoms with Crippen molar-refractivity contribution >= 4 is 17.6 Å². The van der Waals surface area contributed by atoms with Gasteiger partial charge in [0.05, 0.1) is 0 Å². The molecule has 166 valence electrons. The van der Waals surface area contributed by atoms with E-state index in [9.17, 15) is 9.59 Å². The quantitative estimate of drug-likeness (QED) is 0.709. The van der Waals surface area contributed by atoms with Gasteiger partial charge in [-0.2, -0.15) is 0 Å². The average molecular weight is 415 g/mol. The number of amides is 3. The predicted molar refractivity (Wildman–Crippen MR) is 122 cm³/mol. The first-order valence-corrected chi connectivity index (χ1v) is 11.6. The molecule has 3 amide bonds. The lowest BCUT2D eigenvalue weighted by Crippen LogP contribution is -2.43. The van der Waals surface area contributed by atoms with Crippen LogP contribution < -0.4 is 10.6 Å². The highest BCUT2D eigenvalue weighted by Crippen LogP contribution is 2.22. The van der Waals surface area contributed by atoms with Crippen molar-refractivity contribution in [2.75, 3.05) is 38.0 Å². The number of piperidine rings is 2. The minimum atomic E-state index is -0.0367. The first-order chi connectivity index (χ1) is 14.5. The second-order valence-corrected chi connectivity index (χ2v) is 9.02. The zero-order valence-electron chi connectivity index (χ0n) is 18.7. The fourth-order valence-corrected chi connectivity index (χ4v) is 4.66. The van der Waals surface area contributed by atoms with Crippen LogP contribution in [0.2, 0.25) is 0 Å². The smallest absolute Gasteiger partial charge is 0.321 e. The van der Waals surface area contributed by atoms with Crippen molar-refractivity contribution in [3.05, 3.63) is 29.8 Å². The number of hydrogen-bond donors (Lipinski definition) is 2. The van der Waals surface area contributed by atoms with Gasteiger partial charge < -0.3 is 15.5 Å². The van der Waals surface area contributed by atoms with Crippen LogP contribution in [0.25, 0.3) is 0 Å². The molecule has 2 saturated heterocycles. The van der Waals surface area contributed by atoms with E-state index >= 15 is 0 Å². The molecule has 2 aliphatic heterocycles. The third-order valence-corrected chi connectivity index (χ3v) is 6.52. The van der Waals surface area contributed by atoms with E-state index in [0.29, 0.717) is 18.4 Å². The molecular formula is C24H38N4O2. The van der Waals surface area contributed by atoms with Gasteiger partial charge in [-0.3, -0.25) is 9.69 Å². The van der Waals surface area contributed by atoms with E-state index in [4.69, 9.17) is 0 Å². The molecule has 6 nitrogen and oxygen atoms in total. The maximum atomic E-state index is 12.6. The fourth-order valence-electron chi connectivity index (χ4n) is 4.66. The van der Waals surface area contributed by atoms with Crippen molar-refractivity contribution in [3.8, 4) is 0 Å². The summed E-state index contributed by atoms with van der Waals surface area (Å²) in [5, 5.41) is 6.09. The number of carbonyl (C=O) groups is 2.